The molecule has 1 amide bonds. The number of alkyl halides is 3. The number of halogens is 5. The number of carbonyl (C=O) groups excluding carboxylic acids is 1. The molecule has 0 N–H and O–H groups in total. The largest absolute Gasteiger partial charge is 0.416 e. The summed E-state index contributed by atoms with van der Waals surface area (Å²) in [5.74, 6) is -2.17. The summed E-state index contributed by atoms with van der Waals surface area (Å²) in [4.78, 5) is 14.1. The van der Waals surface area contributed by atoms with E-state index in [1.165, 1.54) is 49.8 Å². The van der Waals surface area contributed by atoms with Crippen molar-refractivity contribution in [1.82, 2.24) is 14.7 Å². The van der Waals surface area contributed by atoms with E-state index in [-0.39, 0.29) is 29.1 Å². The number of aryl methyl sites for hydroxylation is 1. The van der Waals surface area contributed by atoms with Crippen molar-refractivity contribution in [2.75, 3.05) is 7.05 Å². The molecule has 0 aliphatic heterocycles. The second kappa shape index (κ2) is 7.89. The number of aromatic nitrogens is 2. The summed E-state index contributed by atoms with van der Waals surface area (Å²) in [6.45, 7) is 2.80. The van der Waals surface area contributed by atoms with Crippen LogP contribution in [0.2, 0.25) is 0 Å². The fourth-order valence-electron chi connectivity index (χ4n) is 3.29. The van der Waals surface area contributed by atoms with Crippen LogP contribution < -0.4 is 0 Å². The molecule has 30 heavy (non-hydrogen) atoms. The normalized spacial score (nSPS) is 11.6. The molecule has 0 aliphatic rings. The van der Waals surface area contributed by atoms with Gasteiger partial charge in [-0.3, -0.25) is 4.79 Å². The summed E-state index contributed by atoms with van der Waals surface area (Å²) in [5, 5.41) is 4.16. The molecule has 158 valence electrons. The minimum atomic E-state index is -4.54. The van der Waals surface area contributed by atoms with Crippen molar-refractivity contribution in [1.29, 1.82) is 0 Å². The van der Waals surface area contributed by atoms with Crippen molar-refractivity contribution in [2.45, 2.75) is 26.6 Å². The van der Waals surface area contributed by atoms with E-state index in [9.17, 15) is 26.7 Å². The monoisotopic (exact) mass is 423 g/mol. The van der Waals surface area contributed by atoms with Crippen LogP contribution >= 0.6 is 0 Å². The molecule has 1 heterocycles. The molecule has 0 unspecified atom stereocenters. The van der Waals surface area contributed by atoms with Crippen LogP contribution in [0.3, 0.4) is 0 Å². The summed E-state index contributed by atoms with van der Waals surface area (Å²) in [6.07, 6.45) is -4.54. The van der Waals surface area contributed by atoms with Gasteiger partial charge in [-0.25, -0.2) is 13.5 Å². The first-order chi connectivity index (χ1) is 14.0. The van der Waals surface area contributed by atoms with Crippen LogP contribution in [0.1, 0.15) is 32.9 Å². The van der Waals surface area contributed by atoms with Gasteiger partial charge in [0.05, 0.1) is 22.5 Å². The van der Waals surface area contributed by atoms with Gasteiger partial charge in [-0.05, 0) is 37.6 Å². The number of rotatable bonds is 4. The number of hydrogen-bond donors (Lipinski definition) is 0. The van der Waals surface area contributed by atoms with Gasteiger partial charge in [-0.2, -0.15) is 18.3 Å². The van der Waals surface area contributed by atoms with Crippen LogP contribution in [-0.4, -0.2) is 27.6 Å². The first-order valence-corrected chi connectivity index (χ1v) is 8.93. The topological polar surface area (TPSA) is 38.1 Å². The summed E-state index contributed by atoms with van der Waals surface area (Å²) in [6, 6.07) is 7.98. The van der Waals surface area contributed by atoms with E-state index in [4.69, 9.17) is 0 Å². The Hall–Kier alpha value is -3.23. The lowest BCUT2D eigenvalue weighted by molar-refractivity contribution is -0.138. The molecule has 4 nitrogen and oxygen atoms in total. The van der Waals surface area contributed by atoms with E-state index in [1.807, 2.05) is 0 Å². The maximum Gasteiger partial charge on any atom is 0.416 e. The minimum Gasteiger partial charge on any atom is -0.337 e. The highest BCUT2D eigenvalue weighted by atomic mass is 19.4. The first-order valence-electron chi connectivity index (χ1n) is 8.93. The third-order valence-corrected chi connectivity index (χ3v) is 4.72. The van der Waals surface area contributed by atoms with Crippen LogP contribution in [0.4, 0.5) is 22.0 Å². The average molecular weight is 423 g/mol. The van der Waals surface area contributed by atoms with Crippen molar-refractivity contribution < 1.29 is 26.7 Å². The van der Waals surface area contributed by atoms with E-state index in [0.717, 1.165) is 17.0 Å². The summed E-state index contributed by atoms with van der Waals surface area (Å²) < 4.78 is 68.2. The third-order valence-electron chi connectivity index (χ3n) is 4.72. The zero-order chi connectivity index (χ0) is 22.2. The minimum absolute atomic E-state index is 0.0406. The van der Waals surface area contributed by atoms with Crippen LogP contribution in [0.25, 0.3) is 5.69 Å². The van der Waals surface area contributed by atoms with Gasteiger partial charge in [0, 0.05) is 19.7 Å². The Kier molecular flexibility index (Phi) is 5.65. The summed E-state index contributed by atoms with van der Waals surface area (Å²) in [7, 11) is 1.38. The van der Waals surface area contributed by atoms with Gasteiger partial charge in [0.15, 0.2) is 5.82 Å². The number of carbonyl (C=O) groups is 1. The highest BCUT2D eigenvalue weighted by Gasteiger charge is 2.33. The predicted molar refractivity (Wildman–Crippen MR) is 100 cm³/mol. The summed E-state index contributed by atoms with van der Waals surface area (Å²) in [5.41, 5.74) is -0.196. The highest BCUT2D eigenvalue weighted by Crippen LogP contribution is 2.32. The lowest BCUT2D eigenvalue weighted by atomic mass is 10.1. The number of amides is 1. The Morgan fingerprint density at radius 1 is 1.10 bits per heavy atom. The van der Waals surface area contributed by atoms with Crippen LogP contribution in [-0.2, 0) is 12.7 Å². The number of hydrogen-bond acceptors (Lipinski definition) is 2. The van der Waals surface area contributed by atoms with E-state index in [1.54, 1.807) is 0 Å². The Bertz CT molecular complexity index is 1100. The van der Waals surface area contributed by atoms with E-state index in [2.05, 4.69) is 5.10 Å². The number of benzene rings is 2. The van der Waals surface area contributed by atoms with Crippen molar-refractivity contribution in [3.05, 3.63) is 82.2 Å². The molecule has 0 radical (unpaired) electrons. The van der Waals surface area contributed by atoms with Crippen molar-refractivity contribution >= 4 is 5.91 Å². The third kappa shape index (κ3) is 4.05. The standard InChI is InChI=1S/C21H18F5N3O/c1-12-19(13(2)29(27-12)18-9-8-15(22)10-17(18)23)20(30)28(3)11-14-6-4-5-7-16(14)21(24,25)26/h4-10H,11H2,1-3H3. The molecule has 1 aromatic heterocycles. The maximum atomic E-state index is 14.2. The van der Waals surface area contributed by atoms with Crippen molar-refractivity contribution in [2.24, 2.45) is 0 Å². The molecule has 9 heteroatoms. The Balaban J connectivity index is 1.94. The molecule has 3 aromatic rings. The Morgan fingerprint density at radius 2 is 1.77 bits per heavy atom. The van der Waals surface area contributed by atoms with Crippen molar-refractivity contribution in [3.8, 4) is 5.69 Å². The molecule has 0 aliphatic carbocycles. The van der Waals surface area contributed by atoms with Gasteiger partial charge < -0.3 is 4.90 Å². The second-order valence-corrected chi connectivity index (χ2v) is 6.87. The Morgan fingerprint density at radius 3 is 2.40 bits per heavy atom. The Labute approximate surface area is 169 Å². The van der Waals surface area contributed by atoms with Gasteiger partial charge in [-0.1, -0.05) is 18.2 Å². The van der Waals surface area contributed by atoms with Gasteiger partial charge in [-0.15, -0.1) is 0 Å². The molecule has 0 saturated heterocycles. The zero-order valence-corrected chi connectivity index (χ0v) is 16.4. The van der Waals surface area contributed by atoms with Gasteiger partial charge >= 0.3 is 6.18 Å². The lowest BCUT2D eigenvalue weighted by Gasteiger charge is -2.20. The fraction of sp³-hybridized carbons (Fsp3) is 0.238. The average Bonchev–Trinajstić information content (AvgIpc) is 2.94. The fourth-order valence-corrected chi connectivity index (χ4v) is 3.29. The van der Waals surface area contributed by atoms with E-state index < -0.39 is 29.3 Å². The van der Waals surface area contributed by atoms with Gasteiger partial charge in [0.1, 0.15) is 11.5 Å². The predicted octanol–water partition coefficient (Wildman–Crippen LogP) is 5.06. The molecule has 0 spiro atoms. The summed E-state index contributed by atoms with van der Waals surface area (Å²) >= 11 is 0. The van der Waals surface area contributed by atoms with E-state index >= 15 is 0 Å². The maximum absolute atomic E-state index is 14.2. The molecule has 0 saturated carbocycles. The number of nitrogens with zero attached hydrogens (tertiary/aromatic N) is 3. The molecule has 0 atom stereocenters. The molecular formula is C21H18F5N3O. The second-order valence-electron chi connectivity index (χ2n) is 6.87. The van der Waals surface area contributed by atoms with Crippen LogP contribution in [0.15, 0.2) is 42.5 Å². The van der Waals surface area contributed by atoms with Gasteiger partial charge in [0.2, 0.25) is 0 Å². The molecule has 0 bridgehead atoms. The molecule has 2 aromatic carbocycles. The first kappa shape index (κ1) is 21.5. The lowest BCUT2D eigenvalue weighted by Crippen LogP contribution is -2.28. The SMILES string of the molecule is Cc1nn(-c2ccc(F)cc2F)c(C)c1C(=O)N(C)Cc1ccccc1C(F)(F)F. The van der Waals surface area contributed by atoms with Crippen LogP contribution in [0.5, 0.6) is 0 Å². The van der Waals surface area contributed by atoms with Crippen molar-refractivity contribution in [3.63, 3.8) is 0 Å². The highest BCUT2D eigenvalue weighted by molar-refractivity contribution is 5.96. The van der Waals surface area contributed by atoms with E-state index in [0.29, 0.717) is 11.8 Å². The molecule has 0 fully saturated rings. The zero-order valence-electron chi connectivity index (χ0n) is 16.4. The van der Waals surface area contributed by atoms with Crippen LogP contribution in [0, 0.1) is 25.5 Å². The quantitative estimate of drug-likeness (QED) is 0.551. The molecular weight excluding hydrogens is 405 g/mol. The van der Waals surface area contributed by atoms with Gasteiger partial charge in [0.25, 0.3) is 5.91 Å². The smallest absolute Gasteiger partial charge is 0.337 e. The molecule has 3 rings (SSSR count).